The number of rotatable bonds is 3. The summed E-state index contributed by atoms with van der Waals surface area (Å²) in [7, 11) is 2.11. The molecule has 0 aliphatic carbocycles. The molecule has 2 aromatic heterocycles. The molecule has 0 radical (unpaired) electrons. The summed E-state index contributed by atoms with van der Waals surface area (Å²) >= 11 is 0. The number of pyridine rings is 2. The third kappa shape index (κ3) is 2.78. The maximum Gasteiger partial charge on any atom is 0.337 e. The molecule has 0 saturated carbocycles. The molecule has 1 atom stereocenters. The molecule has 0 bridgehead atoms. The van der Waals surface area contributed by atoms with Gasteiger partial charge in [0.25, 0.3) is 0 Å². The summed E-state index contributed by atoms with van der Waals surface area (Å²) in [6.07, 6.45) is 5.29. The van der Waals surface area contributed by atoms with Gasteiger partial charge in [-0.3, -0.25) is 14.9 Å². The van der Waals surface area contributed by atoms with Crippen LogP contribution in [0.3, 0.4) is 0 Å². The average Bonchev–Trinajstić information content (AvgIpc) is 2.94. The fraction of sp³-hybridized carbons (Fsp3) is 0.312. The summed E-state index contributed by atoms with van der Waals surface area (Å²) in [5.74, 6) is -0.976. The van der Waals surface area contributed by atoms with Crippen molar-refractivity contribution in [3.8, 4) is 11.3 Å². The Morgan fingerprint density at radius 1 is 1.38 bits per heavy atom. The highest BCUT2D eigenvalue weighted by molar-refractivity contribution is 5.88. The SMILES string of the molecule is CN1CCC[C@H]1c1cccc(-c2cncc(C(=O)O)c2)n1. The van der Waals surface area contributed by atoms with Crippen LogP contribution in [-0.2, 0) is 0 Å². The van der Waals surface area contributed by atoms with Crippen molar-refractivity contribution < 1.29 is 9.90 Å². The van der Waals surface area contributed by atoms with Crippen molar-refractivity contribution in [2.75, 3.05) is 13.6 Å². The van der Waals surface area contributed by atoms with Gasteiger partial charge >= 0.3 is 5.97 Å². The van der Waals surface area contributed by atoms with Crippen molar-refractivity contribution in [1.82, 2.24) is 14.9 Å². The summed E-state index contributed by atoms with van der Waals surface area (Å²) in [4.78, 5) is 22.0. The minimum absolute atomic E-state index is 0.178. The van der Waals surface area contributed by atoms with E-state index in [0.29, 0.717) is 6.04 Å². The van der Waals surface area contributed by atoms with Gasteiger partial charge in [0.15, 0.2) is 0 Å². The highest BCUT2D eigenvalue weighted by Gasteiger charge is 2.23. The van der Waals surface area contributed by atoms with Gasteiger partial charge in [-0.1, -0.05) is 6.07 Å². The van der Waals surface area contributed by atoms with Crippen molar-refractivity contribution in [1.29, 1.82) is 0 Å². The van der Waals surface area contributed by atoms with E-state index >= 15 is 0 Å². The van der Waals surface area contributed by atoms with E-state index in [-0.39, 0.29) is 5.56 Å². The Bertz CT molecular complexity index is 672. The smallest absolute Gasteiger partial charge is 0.337 e. The molecule has 1 aliphatic rings. The monoisotopic (exact) mass is 283 g/mol. The minimum Gasteiger partial charge on any atom is -0.478 e. The third-order valence-corrected chi connectivity index (χ3v) is 3.91. The van der Waals surface area contributed by atoms with E-state index in [1.807, 2.05) is 18.2 Å². The first-order chi connectivity index (χ1) is 10.1. The number of aromatic carboxylic acids is 1. The van der Waals surface area contributed by atoms with Gasteiger partial charge in [0.05, 0.1) is 23.0 Å². The second-order valence-corrected chi connectivity index (χ2v) is 5.35. The van der Waals surface area contributed by atoms with Crippen molar-refractivity contribution in [3.05, 3.63) is 47.9 Å². The Morgan fingerprint density at radius 3 is 2.95 bits per heavy atom. The quantitative estimate of drug-likeness (QED) is 0.938. The predicted molar refractivity (Wildman–Crippen MR) is 79.0 cm³/mol. The molecular formula is C16H17N3O2. The van der Waals surface area contributed by atoms with Gasteiger partial charge in [-0.15, -0.1) is 0 Å². The van der Waals surface area contributed by atoms with Gasteiger partial charge in [-0.2, -0.15) is 0 Å². The van der Waals surface area contributed by atoms with Crippen LogP contribution in [0.4, 0.5) is 0 Å². The first-order valence-corrected chi connectivity index (χ1v) is 7.01. The zero-order valence-corrected chi connectivity index (χ0v) is 11.9. The molecule has 1 fully saturated rings. The van der Waals surface area contributed by atoms with E-state index in [4.69, 9.17) is 10.1 Å². The van der Waals surface area contributed by atoms with E-state index in [2.05, 4.69) is 16.9 Å². The molecule has 0 unspecified atom stereocenters. The Hall–Kier alpha value is -2.27. The summed E-state index contributed by atoms with van der Waals surface area (Å²) in [6.45, 7) is 1.09. The van der Waals surface area contributed by atoms with Gasteiger partial charge in [0.2, 0.25) is 0 Å². The van der Waals surface area contributed by atoms with Gasteiger partial charge in [-0.25, -0.2) is 4.79 Å². The first kappa shape index (κ1) is 13.7. The van der Waals surface area contributed by atoms with Crippen molar-refractivity contribution in [2.45, 2.75) is 18.9 Å². The molecule has 5 heteroatoms. The van der Waals surface area contributed by atoms with E-state index in [1.165, 1.54) is 12.6 Å². The van der Waals surface area contributed by atoms with Crippen LogP contribution in [0.1, 0.15) is 34.9 Å². The van der Waals surface area contributed by atoms with Crippen molar-refractivity contribution in [2.24, 2.45) is 0 Å². The molecule has 3 rings (SSSR count). The molecule has 1 N–H and O–H groups in total. The van der Waals surface area contributed by atoms with Crippen LogP contribution >= 0.6 is 0 Å². The molecule has 21 heavy (non-hydrogen) atoms. The second kappa shape index (κ2) is 5.61. The first-order valence-electron chi connectivity index (χ1n) is 7.01. The molecule has 3 heterocycles. The summed E-state index contributed by atoms with van der Waals surface area (Å²) in [5, 5.41) is 9.05. The minimum atomic E-state index is -0.976. The van der Waals surface area contributed by atoms with Crippen LogP contribution in [0.5, 0.6) is 0 Å². The zero-order chi connectivity index (χ0) is 14.8. The maximum absolute atomic E-state index is 11.0. The van der Waals surface area contributed by atoms with Crippen molar-refractivity contribution in [3.63, 3.8) is 0 Å². The summed E-state index contributed by atoms with van der Waals surface area (Å²) in [5.41, 5.74) is 2.71. The van der Waals surface area contributed by atoms with E-state index in [9.17, 15) is 4.79 Å². The molecule has 0 amide bonds. The molecule has 2 aromatic rings. The number of carboxylic acid groups (broad SMARTS) is 1. The second-order valence-electron chi connectivity index (χ2n) is 5.35. The number of aromatic nitrogens is 2. The van der Waals surface area contributed by atoms with Gasteiger partial charge in [-0.05, 0) is 44.6 Å². The molecule has 0 aromatic carbocycles. The Kier molecular flexibility index (Phi) is 3.66. The third-order valence-electron chi connectivity index (χ3n) is 3.91. The summed E-state index contributed by atoms with van der Waals surface area (Å²) in [6, 6.07) is 7.85. The lowest BCUT2D eigenvalue weighted by molar-refractivity contribution is 0.0696. The molecule has 1 aliphatic heterocycles. The fourth-order valence-corrected chi connectivity index (χ4v) is 2.78. The van der Waals surface area contributed by atoms with E-state index in [1.54, 1.807) is 12.3 Å². The normalized spacial score (nSPS) is 18.8. The van der Waals surface area contributed by atoms with Crippen LogP contribution in [0.2, 0.25) is 0 Å². The van der Waals surface area contributed by atoms with Crippen LogP contribution in [0.15, 0.2) is 36.7 Å². The molecule has 108 valence electrons. The summed E-state index contributed by atoms with van der Waals surface area (Å²) < 4.78 is 0. The van der Waals surface area contributed by atoms with E-state index in [0.717, 1.165) is 29.9 Å². The number of likely N-dealkylation sites (tertiary alicyclic amines) is 1. The lowest BCUT2D eigenvalue weighted by Gasteiger charge is -2.19. The number of hydrogen-bond donors (Lipinski definition) is 1. The number of nitrogens with zero attached hydrogens (tertiary/aromatic N) is 3. The van der Waals surface area contributed by atoms with Crippen LogP contribution in [0, 0.1) is 0 Å². The number of hydrogen-bond acceptors (Lipinski definition) is 4. The fourth-order valence-electron chi connectivity index (χ4n) is 2.78. The molecule has 0 spiro atoms. The van der Waals surface area contributed by atoms with Crippen LogP contribution in [-0.4, -0.2) is 39.5 Å². The van der Waals surface area contributed by atoms with Crippen molar-refractivity contribution >= 4 is 5.97 Å². The van der Waals surface area contributed by atoms with Gasteiger partial charge in [0.1, 0.15) is 0 Å². The maximum atomic E-state index is 11.0. The lowest BCUT2D eigenvalue weighted by atomic mass is 10.1. The topological polar surface area (TPSA) is 66.3 Å². The highest BCUT2D eigenvalue weighted by Crippen LogP contribution is 2.30. The Balaban J connectivity index is 1.96. The van der Waals surface area contributed by atoms with Gasteiger partial charge in [0, 0.05) is 18.0 Å². The van der Waals surface area contributed by atoms with Crippen LogP contribution in [0.25, 0.3) is 11.3 Å². The zero-order valence-electron chi connectivity index (χ0n) is 11.9. The number of carbonyl (C=O) groups is 1. The van der Waals surface area contributed by atoms with E-state index < -0.39 is 5.97 Å². The lowest BCUT2D eigenvalue weighted by Crippen LogP contribution is -2.18. The van der Waals surface area contributed by atoms with Gasteiger partial charge < -0.3 is 5.11 Å². The van der Waals surface area contributed by atoms with Crippen LogP contribution < -0.4 is 0 Å². The Labute approximate surface area is 123 Å². The average molecular weight is 283 g/mol. The molecule has 5 nitrogen and oxygen atoms in total. The predicted octanol–water partition coefficient (Wildman–Crippen LogP) is 2.61. The number of carboxylic acids is 1. The standard InChI is InChI=1S/C16H17N3O2/c1-19-7-3-6-15(19)14-5-2-4-13(18-14)11-8-12(16(20)21)10-17-9-11/h2,4-5,8-10,15H,3,6-7H2,1H3,(H,20,21)/t15-/m0/s1. The molecular weight excluding hydrogens is 266 g/mol. The Morgan fingerprint density at radius 2 is 2.24 bits per heavy atom. The largest absolute Gasteiger partial charge is 0.478 e. The molecule has 1 saturated heterocycles. The highest BCUT2D eigenvalue weighted by atomic mass is 16.4.